The van der Waals surface area contributed by atoms with Gasteiger partial charge >= 0.3 is 0 Å². The Labute approximate surface area is 134 Å². The molecule has 1 aliphatic rings. The summed E-state index contributed by atoms with van der Waals surface area (Å²) in [5.41, 5.74) is 2.81. The quantitative estimate of drug-likeness (QED) is 0.896. The molecule has 0 aliphatic carbocycles. The molecule has 1 heterocycles. The van der Waals surface area contributed by atoms with Gasteiger partial charge in [0, 0.05) is 31.7 Å². The molecular formula is C20H26N2. The molecule has 1 N–H and O–H groups in total. The molecule has 2 unspecified atom stereocenters. The second-order valence-corrected chi connectivity index (χ2v) is 6.23. The van der Waals surface area contributed by atoms with Gasteiger partial charge < -0.3 is 5.32 Å². The van der Waals surface area contributed by atoms with Crippen LogP contribution in [0.5, 0.6) is 0 Å². The van der Waals surface area contributed by atoms with Crippen LogP contribution < -0.4 is 5.32 Å². The van der Waals surface area contributed by atoms with Gasteiger partial charge in [0.05, 0.1) is 0 Å². The van der Waals surface area contributed by atoms with Crippen molar-refractivity contribution in [3.05, 3.63) is 71.8 Å². The predicted molar refractivity (Wildman–Crippen MR) is 92.7 cm³/mol. The van der Waals surface area contributed by atoms with Crippen LogP contribution in [0.2, 0.25) is 0 Å². The first-order valence-electron chi connectivity index (χ1n) is 8.43. The molecule has 2 aromatic carbocycles. The lowest BCUT2D eigenvalue weighted by molar-refractivity contribution is 0.115. The molecule has 22 heavy (non-hydrogen) atoms. The van der Waals surface area contributed by atoms with E-state index in [1.54, 1.807) is 0 Å². The van der Waals surface area contributed by atoms with Gasteiger partial charge in [0.25, 0.3) is 0 Å². The standard InChI is InChI=1S/C20H26N2/c1-2-9-19-14-21-20(18-12-7-4-8-13-18)16-22(19)15-17-10-5-3-6-11-17/h3-8,10-13,19-21H,2,9,14-16H2,1H3. The average molecular weight is 294 g/mol. The monoisotopic (exact) mass is 294 g/mol. The summed E-state index contributed by atoms with van der Waals surface area (Å²) in [4.78, 5) is 2.66. The number of hydrogen-bond donors (Lipinski definition) is 1. The predicted octanol–water partition coefficient (Wildman–Crippen LogP) is 4.00. The largest absolute Gasteiger partial charge is 0.307 e. The summed E-state index contributed by atoms with van der Waals surface area (Å²) < 4.78 is 0. The summed E-state index contributed by atoms with van der Waals surface area (Å²) in [6, 6.07) is 22.8. The lowest BCUT2D eigenvalue weighted by Crippen LogP contribution is -2.52. The van der Waals surface area contributed by atoms with Crippen LogP contribution in [0.15, 0.2) is 60.7 Å². The molecule has 0 spiro atoms. The Bertz CT molecular complexity index is 552. The summed E-state index contributed by atoms with van der Waals surface area (Å²) in [5.74, 6) is 0. The molecule has 0 aromatic heterocycles. The van der Waals surface area contributed by atoms with E-state index in [4.69, 9.17) is 0 Å². The van der Waals surface area contributed by atoms with Gasteiger partial charge in [-0.3, -0.25) is 4.90 Å². The Morgan fingerprint density at radius 2 is 1.68 bits per heavy atom. The van der Waals surface area contributed by atoms with Gasteiger partial charge in [0.1, 0.15) is 0 Å². The van der Waals surface area contributed by atoms with Gasteiger partial charge in [0.15, 0.2) is 0 Å². The minimum atomic E-state index is 0.443. The first-order chi connectivity index (χ1) is 10.9. The maximum Gasteiger partial charge on any atom is 0.0450 e. The fraction of sp³-hybridized carbons (Fsp3) is 0.400. The van der Waals surface area contributed by atoms with E-state index in [1.165, 1.54) is 24.0 Å². The van der Waals surface area contributed by atoms with Crippen LogP contribution in [0.3, 0.4) is 0 Å². The van der Waals surface area contributed by atoms with E-state index in [0.717, 1.165) is 19.6 Å². The van der Waals surface area contributed by atoms with Crippen molar-refractivity contribution in [1.82, 2.24) is 10.2 Å². The Hall–Kier alpha value is -1.64. The zero-order valence-electron chi connectivity index (χ0n) is 13.4. The van der Waals surface area contributed by atoms with Crippen molar-refractivity contribution in [2.45, 2.75) is 38.4 Å². The molecule has 2 aromatic rings. The lowest BCUT2D eigenvalue weighted by atomic mass is 9.99. The van der Waals surface area contributed by atoms with Gasteiger partial charge in [-0.1, -0.05) is 74.0 Å². The fourth-order valence-electron chi connectivity index (χ4n) is 3.39. The van der Waals surface area contributed by atoms with Gasteiger partial charge in [-0.2, -0.15) is 0 Å². The number of benzene rings is 2. The summed E-state index contributed by atoms with van der Waals surface area (Å²) in [6.45, 7) is 5.50. The Kier molecular flexibility index (Phi) is 5.25. The minimum absolute atomic E-state index is 0.443. The second-order valence-electron chi connectivity index (χ2n) is 6.23. The molecule has 2 nitrogen and oxygen atoms in total. The minimum Gasteiger partial charge on any atom is -0.307 e. The van der Waals surface area contributed by atoms with Crippen LogP contribution in [0.25, 0.3) is 0 Å². The first-order valence-corrected chi connectivity index (χ1v) is 8.43. The third kappa shape index (κ3) is 3.76. The van der Waals surface area contributed by atoms with Crippen molar-refractivity contribution in [2.24, 2.45) is 0 Å². The SMILES string of the molecule is CCCC1CNC(c2ccccc2)CN1Cc1ccccc1. The zero-order valence-corrected chi connectivity index (χ0v) is 13.4. The van der Waals surface area contributed by atoms with Crippen LogP contribution in [0.1, 0.15) is 36.9 Å². The molecule has 116 valence electrons. The molecule has 2 heteroatoms. The van der Waals surface area contributed by atoms with Crippen LogP contribution in [0, 0.1) is 0 Å². The highest BCUT2D eigenvalue weighted by Crippen LogP contribution is 2.23. The highest BCUT2D eigenvalue weighted by Gasteiger charge is 2.27. The smallest absolute Gasteiger partial charge is 0.0450 e. The van der Waals surface area contributed by atoms with Crippen molar-refractivity contribution in [1.29, 1.82) is 0 Å². The van der Waals surface area contributed by atoms with Crippen molar-refractivity contribution in [2.75, 3.05) is 13.1 Å². The zero-order chi connectivity index (χ0) is 15.2. The van der Waals surface area contributed by atoms with Gasteiger partial charge in [0.2, 0.25) is 0 Å². The molecule has 1 saturated heterocycles. The molecular weight excluding hydrogens is 268 g/mol. The Balaban J connectivity index is 1.73. The van der Waals surface area contributed by atoms with Gasteiger partial charge in [-0.25, -0.2) is 0 Å². The van der Waals surface area contributed by atoms with Crippen molar-refractivity contribution < 1.29 is 0 Å². The van der Waals surface area contributed by atoms with Crippen LogP contribution in [-0.2, 0) is 6.54 Å². The first kappa shape index (κ1) is 15.3. The maximum absolute atomic E-state index is 3.74. The van der Waals surface area contributed by atoms with E-state index in [0.29, 0.717) is 12.1 Å². The summed E-state index contributed by atoms with van der Waals surface area (Å²) in [7, 11) is 0. The van der Waals surface area contributed by atoms with Gasteiger partial charge in [-0.15, -0.1) is 0 Å². The van der Waals surface area contributed by atoms with Crippen LogP contribution in [-0.4, -0.2) is 24.0 Å². The van der Waals surface area contributed by atoms with E-state index in [-0.39, 0.29) is 0 Å². The normalized spacial score (nSPS) is 22.6. The highest BCUT2D eigenvalue weighted by molar-refractivity contribution is 5.21. The van der Waals surface area contributed by atoms with Crippen LogP contribution >= 0.6 is 0 Å². The Morgan fingerprint density at radius 3 is 2.36 bits per heavy atom. The summed E-state index contributed by atoms with van der Waals surface area (Å²) in [6.07, 6.45) is 2.51. The van der Waals surface area contributed by atoms with E-state index in [1.807, 2.05) is 0 Å². The van der Waals surface area contributed by atoms with Crippen molar-refractivity contribution >= 4 is 0 Å². The third-order valence-electron chi connectivity index (χ3n) is 4.59. The average Bonchev–Trinajstić information content (AvgIpc) is 2.58. The molecule has 0 amide bonds. The van der Waals surface area contributed by atoms with E-state index in [2.05, 4.69) is 77.8 Å². The Morgan fingerprint density at radius 1 is 1.00 bits per heavy atom. The number of nitrogens with zero attached hydrogens (tertiary/aromatic N) is 1. The molecule has 0 radical (unpaired) electrons. The van der Waals surface area contributed by atoms with E-state index in [9.17, 15) is 0 Å². The molecule has 0 bridgehead atoms. The fourth-order valence-corrected chi connectivity index (χ4v) is 3.39. The van der Waals surface area contributed by atoms with Crippen molar-refractivity contribution in [3.8, 4) is 0 Å². The number of piperazine rings is 1. The lowest BCUT2D eigenvalue weighted by Gasteiger charge is -2.40. The second kappa shape index (κ2) is 7.57. The van der Waals surface area contributed by atoms with E-state index < -0.39 is 0 Å². The summed E-state index contributed by atoms with van der Waals surface area (Å²) >= 11 is 0. The maximum atomic E-state index is 3.74. The van der Waals surface area contributed by atoms with E-state index >= 15 is 0 Å². The molecule has 2 atom stereocenters. The molecule has 0 saturated carbocycles. The molecule has 1 aliphatic heterocycles. The molecule has 3 rings (SSSR count). The van der Waals surface area contributed by atoms with Gasteiger partial charge in [-0.05, 0) is 17.5 Å². The number of hydrogen-bond acceptors (Lipinski definition) is 2. The van der Waals surface area contributed by atoms with Crippen LogP contribution in [0.4, 0.5) is 0 Å². The summed E-state index contributed by atoms with van der Waals surface area (Å²) in [5, 5.41) is 3.74. The topological polar surface area (TPSA) is 15.3 Å². The third-order valence-corrected chi connectivity index (χ3v) is 4.59. The molecule has 1 fully saturated rings. The number of nitrogens with one attached hydrogen (secondary N) is 1. The highest BCUT2D eigenvalue weighted by atomic mass is 15.2. The van der Waals surface area contributed by atoms with Crippen molar-refractivity contribution in [3.63, 3.8) is 0 Å². The number of rotatable bonds is 5.